The number of allylic oxidation sites excluding steroid dienone is 6. The zero-order valence-corrected chi connectivity index (χ0v) is 55.5. The van der Waals surface area contributed by atoms with Crippen LogP contribution in [0.15, 0.2) is 49.6 Å². The Morgan fingerprint density at radius 3 is 0.725 bits per heavy atom. The second-order valence-corrected chi connectivity index (χ2v) is 31.8. The highest BCUT2D eigenvalue weighted by Gasteiger charge is 2.34. The largest absolute Gasteiger partial charge is 0.103 e. The Hall–Kier alpha value is -1.04. The molecule has 482 valence electrons. The Labute approximate surface area is 518 Å². The van der Waals surface area contributed by atoms with E-state index in [-0.39, 0.29) is 14.3 Å². The lowest BCUT2D eigenvalue weighted by atomic mass is 9.69. The molecule has 10 rings (SSSR count). The normalized spacial score (nSPS) is 41.0. The van der Waals surface area contributed by atoms with Crippen LogP contribution in [-0.4, -0.2) is 0 Å². The van der Waals surface area contributed by atoms with Crippen molar-refractivity contribution in [2.24, 2.45) is 118 Å². The molecule has 0 nitrogen and oxygen atoms in total. The minimum Gasteiger partial charge on any atom is -0.103 e. The Morgan fingerprint density at radius 1 is 0.275 bits per heavy atom. The van der Waals surface area contributed by atoms with Crippen molar-refractivity contribution in [3.8, 4) is 0 Å². The third kappa shape index (κ3) is 25.1. The van der Waals surface area contributed by atoms with E-state index >= 15 is 0 Å². The molecule has 0 amide bonds. The summed E-state index contributed by atoms with van der Waals surface area (Å²) < 4.78 is 0. The van der Waals surface area contributed by atoms with Gasteiger partial charge in [0.05, 0.1) is 0 Å². The number of rotatable bonds is 13. The zero-order chi connectivity index (χ0) is 56.9. The number of hydrogen-bond acceptors (Lipinski definition) is 0. The highest BCUT2D eigenvalue weighted by molar-refractivity contribution is 4.92. The summed E-state index contributed by atoms with van der Waals surface area (Å²) in [6.45, 7) is 26.7. The van der Waals surface area contributed by atoms with E-state index < -0.39 is 0 Å². The van der Waals surface area contributed by atoms with Crippen molar-refractivity contribution in [3.05, 3.63) is 49.6 Å². The first-order valence-corrected chi connectivity index (χ1v) is 37.4. The molecule has 0 heterocycles. The van der Waals surface area contributed by atoms with Crippen LogP contribution in [0.5, 0.6) is 0 Å². The summed E-state index contributed by atoms with van der Waals surface area (Å²) in [5.41, 5.74) is 0. The van der Waals surface area contributed by atoms with Crippen LogP contribution in [0, 0.1) is 118 Å². The molecule has 0 unspecified atom stereocenters. The highest BCUT2D eigenvalue weighted by Crippen LogP contribution is 2.46. The minimum atomic E-state index is 0. The highest BCUT2D eigenvalue weighted by atomic mass is 14.4. The van der Waals surface area contributed by atoms with Crippen LogP contribution >= 0.6 is 0 Å². The molecule has 80 heavy (non-hydrogen) atoms. The van der Waals surface area contributed by atoms with Gasteiger partial charge in [-0.3, -0.25) is 0 Å². The maximum absolute atomic E-state index is 3.93. The van der Waals surface area contributed by atoms with Crippen molar-refractivity contribution in [1.29, 1.82) is 0 Å². The molecule has 0 atom stereocenters. The summed E-state index contributed by atoms with van der Waals surface area (Å²) in [5, 5.41) is 0. The first-order chi connectivity index (χ1) is 38.9. The van der Waals surface area contributed by atoms with E-state index in [4.69, 9.17) is 0 Å². The third-order valence-electron chi connectivity index (χ3n) is 25.7. The van der Waals surface area contributed by atoms with Gasteiger partial charge in [-0.05, 0) is 312 Å². The van der Waals surface area contributed by atoms with E-state index in [0.29, 0.717) is 0 Å². The van der Waals surface area contributed by atoms with Crippen LogP contribution in [0.3, 0.4) is 0 Å². The average molecular weight is 1120 g/mol. The van der Waals surface area contributed by atoms with Gasteiger partial charge in [0.1, 0.15) is 0 Å². The molecule has 10 aliphatic carbocycles. The molecular weight excluding hydrogens is 961 g/mol. The summed E-state index contributed by atoms with van der Waals surface area (Å²) in [6, 6.07) is 0. The van der Waals surface area contributed by atoms with Crippen LogP contribution in [0.25, 0.3) is 0 Å². The molecule has 0 aliphatic heterocycles. The maximum atomic E-state index is 3.93. The summed E-state index contributed by atoms with van der Waals surface area (Å²) in [4.78, 5) is 0. The lowest BCUT2D eigenvalue weighted by Gasteiger charge is -2.37. The predicted octanol–water partition coefficient (Wildman–Crippen LogP) is 28.7. The van der Waals surface area contributed by atoms with E-state index in [1.165, 1.54) is 244 Å². The first-order valence-electron chi connectivity index (χ1n) is 37.4. The van der Waals surface area contributed by atoms with Crippen molar-refractivity contribution in [3.63, 3.8) is 0 Å². The minimum absolute atomic E-state index is 0. The lowest BCUT2D eigenvalue weighted by molar-refractivity contribution is 0.148. The van der Waals surface area contributed by atoms with Gasteiger partial charge in [-0.25, -0.2) is 0 Å². The Kier molecular flexibility index (Phi) is 33.1. The molecule has 10 fully saturated rings. The van der Waals surface area contributed by atoms with Gasteiger partial charge in [0.2, 0.25) is 0 Å². The van der Waals surface area contributed by atoms with Gasteiger partial charge in [0, 0.05) is 14.3 Å². The SMILES string of the molecule is C/C=C/C1CCC(C2CCC(C)CC2)CC1.C/C=C/CCC1CCC(C2CCC(C)CC2)CC1.C=CC1CCC(C2CCC(C)CC2)CC1.C=CCCC1CCC(C2CCC(C)CC2)CC1.CC1CCC(C2CCC(C)CC2)CC1.[HH].[HH].[HH].[HH].[HH].[HH].[HH].[HH].[HH].[HH]. The van der Waals surface area contributed by atoms with Crippen LogP contribution in [0.1, 0.15) is 352 Å². The fraction of sp³-hybridized carbons (Fsp3) is 0.900. The Morgan fingerprint density at radius 2 is 0.500 bits per heavy atom. The number of hydrogen-bond donors (Lipinski definition) is 0. The molecule has 0 aromatic rings. The van der Waals surface area contributed by atoms with E-state index in [2.05, 4.69) is 105 Å². The maximum Gasteiger partial charge on any atom is 0 e. The molecule has 10 aliphatic rings. The molecule has 0 bridgehead atoms. The molecule has 0 aromatic heterocycles. The Bertz CT molecular complexity index is 1590. The second-order valence-electron chi connectivity index (χ2n) is 31.8. The van der Waals surface area contributed by atoms with Crippen LogP contribution in [-0.2, 0) is 0 Å². The van der Waals surface area contributed by atoms with E-state index in [1.54, 1.807) is 38.5 Å². The van der Waals surface area contributed by atoms with Gasteiger partial charge in [-0.1, -0.05) is 181 Å². The molecule has 0 spiro atoms. The van der Waals surface area contributed by atoms with Crippen LogP contribution in [0.2, 0.25) is 0 Å². The molecular formula is C80H162. The standard InChI is InChI=1S/C18H32.C17H30.C16H28.C15H26.C14H26.10H2/c1-3-4-5-6-16-9-13-18(14-10-16)17-11-7-15(2)8-12-17;1-3-4-5-15-8-12-17(13-9-15)16-10-6-14(2)7-11-16;1-3-4-14-7-11-16(12-8-14)15-9-5-13(2)6-10-15;1-3-13-6-10-15(11-7-13)14-8-4-12(2)5-9-14;1-11-3-7-13(8-4-11)14-9-5-12(2)6-10-14;;;;;;;;;;/h3-4,15-18H,5-14H2,1-2H3;3,14-17H,1,4-13H2,2H3;3-4,13-16H,5-12H2,1-2H3;3,12-15H,1,4-11H2,2H3;11-14H,3-10H2,1-2H3;10*1H/b4-3+;;4-3+;;;;;;;;;;;;. The topological polar surface area (TPSA) is 0 Å². The first kappa shape index (κ1) is 68.1. The van der Waals surface area contributed by atoms with Crippen molar-refractivity contribution in [2.45, 2.75) is 338 Å². The van der Waals surface area contributed by atoms with Gasteiger partial charge < -0.3 is 0 Å². The van der Waals surface area contributed by atoms with E-state index in [1.807, 2.05) is 0 Å². The molecule has 0 radical (unpaired) electrons. The van der Waals surface area contributed by atoms with Gasteiger partial charge in [-0.2, -0.15) is 0 Å². The van der Waals surface area contributed by atoms with Crippen molar-refractivity contribution >= 4 is 0 Å². The van der Waals surface area contributed by atoms with Crippen molar-refractivity contribution in [2.75, 3.05) is 0 Å². The molecule has 0 N–H and O–H groups in total. The summed E-state index contributed by atoms with van der Waals surface area (Å²) in [5.74, 6) is 20.8. The van der Waals surface area contributed by atoms with E-state index in [0.717, 1.165) is 118 Å². The third-order valence-corrected chi connectivity index (χ3v) is 25.7. The van der Waals surface area contributed by atoms with E-state index in [9.17, 15) is 0 Å². The van der Waals surface area contributed by atoms with Crippen molar-refractivity contribution < 1.29 is 14.3 Å². The van der Waals surface area contributed by atoms with Gasteiger partial charge >= 0.3 is 0 Å². The van der Waals surface area contributed by atoms with Gasteiger partial charge in [0.15, 0.2) is 0 Å². The quantitative estimate of drug-likeness (QED) is 0.161. The summed E-state index contributed by atoms with van der Waals surface area (Å²) >= 11 is 0. The molecule has 0 saturated heterocycles. The fourth-order valence-corrected chi connectivity index (χ4v) is 19.2. The summed E-state index contributed by atoms with van der Waals surface area (Å²) in [6.07, 6.45) is 79.2. The zero-order valence-electron chi connectivity index (χ0n) is 55.5. The molecule has 0 heteroatoms. The van der Waals surface area contributed by atoms with Gasteiger partial charge in [-0.15, -0.1) is 13.2 Å². The monoisotopic (exact) mass is 1120 g/mol. The average Bonchev–Trinajstić information content (AvgIpc) is 3.22. The molecule has 10 saturated carbocycles. The second kappa shape index (κ2) is 38.9. The fourth-order valence-electron chi connectivity index (χ4n) is 19.2. The van der Waals surface area contributed by atoms with Gasteiger partial charge in [0.25, 0.3) is 0 Å². The lowest BCUT2D eigenvalue weighted by Crippen LogP contribution is -2.25. The smallest absolute Gasteiger partial charge is 0 e. The van der Waals surface area contributed by atoms with Crippen molar-refractivity contribution in [1.82, 2.24) is 0 Å². The summed E-state index contributed by atoms with van der Waals surface area (Å²) in [7, 11) is 0. The van der Waals surface area contributed by atoms with Crippen LogP contribution in [0.4, 0.5) is 0 Å². The Balaban J connectivity index is -0.000000326. The van der Waals surface area contributed by atoms with Crippen LogP contribution < -0.4 is 0 Å². The predicted molar refractivity (Wildman–Crippen MR) is 378 cm³/mol. The molecule has 0 aromatic carbocycles.